The predicted octanol–water partition coefficient (Wildman–Crippen LogP) is 5.64. The van der Waals surface area contributed by atoms with Crippen molar-refractivity contribution in [3.63, 3.8) is 0 Å². The molecule has 222 valence electrons. The van der Waals surface area contributed by atoms with Gasteiger partial charge in [-0.2, -0.15) is 13.2 Å². The van der Waals surface area contributed by atoms with Gasteiger partial charge in [-0.3, -0.25) is 0 Å². The third kappa shape index (κ3) is 5.51. The largest absolute Gasteiger partial charge is 0.741 e. The number of rotatable bonds is 4. The van der Waals surface area contributed by atoms with Crippen LogP contribution < -0.4 is 0 Å². The molecule has 0 radical (unpaired) electrons. The van der Waals surface area contributed by atoms with E-state index in [1.165, 1.54) is 18.2 Å². The average Bonchev–Trinajstić information content (AvgIpc) is 3.36. The molecule has 1 aliphatic carbocycles. The number of carbonyl (C=O) groups is 1. The van der Waals surface area contributed by atoms with Crippen LogP contribution in [0, 0.1) is 0 Å². The van der Waals surface area contributed by atoms with Gasteiger partial charge >= 0.3 is 11.5 Å². The number of methoxy groups -OCH3 is 1. The lowest BCUT2D eigenvalue weighted by atomic mass is 9.85. The summed E-state index contributed by atoms with van der Waals surface area (Å²) >= 11 is 0. The zero-order valence-electron chi connectivity index (χ0n) is 23.7. The summed E-state index contributed by atoms with van der Waals surface area (Å²) in [6, 6.07) is 24.8. The molecule has 2 aliphatic rings. The summed E-state index contributed by atoms with van der Waals surface area (Å²) in [6.07, 6.45) is -0.145. The van der Waals surface area contributed by atoms with Gasteiger partial charge in [-0.15, -0.1) is 0 Å². The standard InChI is InChI=1S/C30H30NO3.CHF3O3S/c1-6-34-28-26(27(31(4)30(28,2)3)19-12-8-7-9-13-19)25-23-15-11-10-14-21(23)22-17-16-20(18-24(22)25)29(32)33-5;2-1(3,4)8(5,6)7/h7-18,28H,6H2,1-5H3;(H,5,6,7)/q+1;/p-1/b26-25-;/t28-;/m1./s1. The number of alkyl halides is 3. The van der Waals surface area contributed by atoms with E-state index in [1.54, 1.807) is 0 Å². The van der Waals surface area contributed by atoms with E-state index >= 15 is 0 Å². The van der Waals surface area contributed by atoms with Gasteiger partial charge in [-0.1, -0.05) is 48.5 Å². The molecule has 0 N–H and O–H groups in total. The van der Waals surface area contributed by atoms with Gasteiger partial charge in [0.05, 0.1) is 18.2 Å². The number of likely N-dealkylation sites (N-methyl/N-ethyl adjacent to an activating group) is 1. The van der Waals surface area contributed by atoms with Crippen molar-refractivity contribution in [2.45, 2.75) is 37.9 Å². The van der Waals surface area contributed by atoms with Crippen molar-refractivity contribution < 1.29 is 45.0 Å². The van der Waals surface area contributed by atoms with Crippen molar-refractivity contribution in [2.75, 3.05) is 20.8 Å². The van der Waals surface area contributed by atoms with Crippen LogP contribution in [0.25, 0.3) is 16.7 Å². The van der Waals surface area contributed by atoms with Crippen molar-refractivity contribution in [3.8, 4) is 11.1 Å². The lowest BCUT2D eigenvalue weighted by Crippen LogP contribution is -2.42. The molecular formula is C31H30F3NO6S. The van der Waals surface area contributed by atoms with Crippen LogP contribution in [0.15, 0.2) is 78.4 Å². The smallest absolute Gasteiger partial charge is 0.485 e. The first-order valence-corrected chi connectivity index (χ1v) is 14.4. The number of esters is 1. The molecule has 1 aliphatic heterocycles. The highest BCUT2D eigenvalue weighted by atomic mass is 32.2. The van der Waals surface area contributed by atoms with Gasteiger partial charge in [0.15, 0.2) is 21.8 Å². The van der Waals surface area contributed by atoms with Crippen LogP contribution in [-0.4, -0.2) is 67.1 Å². The second-order valence-electron chi connectivity index (χ2n) is 10.2. The number of benzene rings is 3. The van der Waals surface area contributed by atoms with E-state index < -0.39 is 15.6 Å². The number of halogens is 3. The maximum Gasteiger partial charge on any atom is 0.485 e. The third-order valence-corrected chi connectivity index (χ3v) is 8.06. The Hall–Kier alpha value is -3.80. The molecule has 0 unspecified atom stereocenters. The minimum atomic E-state index is -6.09. The number of hydrogen-bond acceptors (Lipinski definition) is 6. The van der Waals surface area contributed by atoms with E-state index in [0.717, 1.165) is 33.5 Å². The Balaban J connectivity index is 0.000000446. The molecule has 3 aromatic rings. The van der Waals surface area contributed by atoms with Crippen LogP contribution in [0.4, 0.5) is 13.2 Å². The van der Waals surface area contributed by atoms with Crippen LogP contribution in [0.1, 0.15) is 47.8 Å². The Morgan fingerprint density at radius 1 is 0.952 bits per heavy atom. The summed E-state index contributed by atoms with van der Waals surface area (Å²) in [4.78, 5) is 12.4. The quantitative estimate of drug-likeness (QED) is 0.130. The first kappa shape index (κ1) is 31.1. The average molecular weight is 602 g/mol. The Morgan fingerprint density at radius 2 is 1.50 bits per heavy atom. The zero-order valence-corrected chi connectivity index (χ0v) is 24.5. The van der Waals surface area contributed by atoms with E-state index in [2.05, 4.69) is 74.0 Å². The maximum absolute atomic E-state index is 12.4. The van der Waals surface area contributed by atoms with E-state index in [9.17, 15) is 18.0 Å². The first-order valence-electron chi connectivity index (χ1n) is 13.0. The number of fused-ring (bicyclic) bond motifs is 3. The summed E-state index contributed by atoms with van der Waals surface area (Å²) in [5, 5.41) is 0. The normalized spacial score (nSPS) is 19.1. The van der Waals surface area contributed by atoms with E-state index in [-0.39, 0.29) is 17.6 Å². The second-order valence-corrected chi connectivity index (χ2v) is 11.6. The number of ether oxygens (including phenoxy) is 2. The van der Waals surface area contributed by atoms with Crippen molar-refractivity contribution in [3.05, 3.63) is 101 Å². The fourth-order valence-electron chi connectivity index (χ4n) is 5.37. The van der Waals surface area contributed by atoms with Crippen molar-refractivity contribution in [1.29, 1.82) is 0 Å². The van der Waals surface area contributed by atoms with E-state index in [1.807, 2.05) is 31.2 Å². The number of carbonyl (C=O) groups excluding carboxylic acids is 1. The maximum atomic E-state index is 12.4. The van der Waals surface area contributed by atoms with Crippen molar-refractivity contribution >= 4 is 27.4 Å². The van der Waals surface area contributed by atoms with Gasteiger partial charge in [-0.05, 0) is 53.4 Å². The Labute approximate surface area is 242 Å². The zero-order chi connectivity index (χ0) is 31.0. The van der Waals surface area contributed by atoms with Gasteiger partial charge < -0.3 is 14.0 Å². The SMILES string of the molecule is CCO[C@@H]1/C(=C2/c3ccccc3-c3ccc(C(=O)OC)cc32)C(c2ccccc2)=[N+](C)C1(C)C.O=S(=O)([O-])C(F)(F)F. The Morgan fingerprint density at radius 3 is 2.05 bits per heavy atom. The molecule has 0 saturated heterocycles. The van der Waals surface area contributed by atoms with Crippen LogP contribution in [-0.2, 0) is 19.6 Å². The molecular weight excluding hydrogens is 571 g/mol. The van der Waals surface area contributed by atoms with Gasteiger partial charge in [0.1, 0.15) is 7.05 Å². The van der Waals surface area contributed by atoms with Gasteiger partial charge in [-0.25, -0.2) is 17.8 Å². The van der Waals surface area contributed by atoms with Crippen molar-refractivity contribution in [1.82, 2.24) is 0 Å². The molecule has 0 saturated carbocycles. The van der Waals surface area contributed by atoms with Crippen LogP contribution in [0.2, 0.25) is 0 Å². The topological polar surface area (TPSA) is 95.7 Å². The molecule has 0 aromatic heterocycles. The van der Waals surface area contributed by atoms with Crippen LogP contribution >= 0.6 is 0 Å². The van der Waals surface area contributed by atoms with E-state index in [4.69, 9.17) is 22.4 Å². The highest BCUT2D eigenvalue weighted by molar-refractivity contribution is 7.86. The molecule has 1 heterocycles. The lowest BCUT2D eigenvalue weighted by Gasteiger charge is -2.24. The summed E-state index contributed by atoms with van der Waals surface area (Å²) in [5.41, 5.74) is 3.75. The monoisotopic (exact) mass is 601 g/mol. The molecule has 0 bridgehead atoms. The lowest BCUT2D eigenvalue weighted by molar-refractivity contribution is -0.575. The summed E-state index contributed by atoms with van der Waals surface area (Å²) in [7, 11) is -2.52. The van der Waals surface area contributed by atoms with Crippen molar-refractivity contribution in [2.24, 2.45) is 0 Å². The Kier molecular flexibility index (Phi) is 8.50. The fraction of sp³-hybridized carbons (Fsp3) is 0.290. The summed E-state index contributed by atoms with van der Waals surface area (Å²) in [6.45, 7) is 7.12. The highest BCUT2D eigenvalue weighted by Gasteiger charge is 2.53. The minimum absolute atomic E-state index is 0.145. The summed E-state index contributed by atoms with van der Waals surface area (Å²) in [5.74, 6) is -0.333. The third-order valence-electron chi connectivity index (χ3n) is 7.49. The predicted molar refractivity (Wildman–Crippen MR) is 151 cm³/mol. The highest BCUT2D eigenvalue weighted by Crippen LogP contribution is 2.49. The van der Waals surface area contributed by atoms with Crippen LogP contribution in [0.5, 0.6) is 0 Å². The van der Waals surface area contributed by atoms with E-state index in [0.29, 0.717) is 12.2 Å². The molecule has 42 heavy (non-hydrogen) atoms. The molecule has 7 nitrogen and oxygen atoms in total. The second kappa shape index (κ2) is 11.5. The molecule has 0 amide bonds. The van der Waals surface area contributed by atoms with Gasteiger partial charge in [0.25, 0.3) is 0 Å². The number of nitrogens with zero attached hydrogens (tertiary/aromatic N) is 1. The first-order chi connectivity index (χ1) is 19.6. The van der Waals surface area contributed by atoms with Gasteiger partial charge in [0.2, 0.25) is 5.71 Å². The van der Waals surface area contributed by atoms with Gasteiger partial charge in [0, 0.05) is 31.6 Å². The summed E-state index contributed by atoms with van der Waals surface area (Å²) < 4.78 is 72.8. The molecule has 0 spiro atoms. The molecule has 3 aromatic carbocycles. The molecule has 0 fully saturated rings. The Bertz CT molecular complexity index is 1690. The molecule has 5 rings (SSSR count). The number of hydrogen-bond donors (Lipinski definition) is 0. The molecule has 11 heteroatoms. The molecule has 1 atom stereocenters. The van der Waals surface area contributed by atoms with Crippen LogP contribution in [0.3, 0.4) is 0 Å². The fourth-order valence-corrected chi connectivity index (χ4v) is 5.37. The minimum Gasteiger partial charge on any atom is -0.741 e.